The molecular formula is C13H13BrN2O. The van der Waals surface area contributed by atoms with Gasteiger partial charge in [0.05, 0.1) is 5.69 Å². The summed E-state index contributed by atoms with van der Waals surface area (Å²) in [6.45, 7) is 0.608. The lowest BCUT2D eigenvalue weighted by Crippen LogP contribution is -2.30. The van der Waals surface area contributed by atoms with Gasteiger partial charge >= 0.3 is 6.03 Å². The van der Waals surface area contributed by atoms with Crippen LogP contribution < -0.4 is 10.6 Å². The van der Waals surface area contributed by atoms with Crippen molar-refractivity contribution in [1.29, 1.82) is 0 Å². The summed E-state index contributed by atoms with van der Waals surface area (Å²) in [6.07, 6.45) is 0. The van der Waals surface area contributed by atoms with E-state index in [2.05, 4.69) is 26.6 Å². The first kappa shape index (κ1) is 11.9. The number of nitrogens with one attached hydrogen (secondary N) is 2. The number of carbonyl (C=O) groups is 1. The van der Waals surface area contributed by atoms with Gasteiger partial charge in [0.2, 0.25) is 0 Å². The van der Waals surface area contributed by atoms with E-state index in [1.165, 1.54) is 0 Å². The van der Waals surface area contributed by atoms with Crippen molar-refractivity contribution in [2.24, 2.45) is 0 Å². The van der Waals surface area contributed by atoms with Crippen LogP contribution in [0.4, 0.5) is 10.5 Å². The van der Waals surface area contributed by atoms with Gasteiger partial charge in [-0.1, -0.05) is 52.3 Å². The summed E-state index contributed by atoms with van der Waals surface area (Å²) in [5.41, 5.74) is 0.829. The summed E-state index contributed by atoms with van der Waals surface area (Å²) in [5, 5.41) is 8.51. The Morgan fingerprint density at radius 1 is 1.12 bits per heavy atom. The highest BCUT2D eigenvalue weighted by atomic mass is 79.9. The fourth-order valence-corrected chi connectivity index (χ4v) is 1.86. The monoisotopic (exact) mass is 292 g/mol. The van der Waals surface area contributed by atoms with Crippen molar-refractivity contribution in [3.05, 3.63) is 42.5 Å². The molecule has 0 saturated carbocycles. The van der Waals surface area contributed by atoms with Gasteiger partial charge in [-0.3, -0.25) is 0 Å². The lowest BCUT2D eigenvalue weighted by Gasteiger charge is -2.09. The number of hydrogen-bond donors (Lipinski definition) is 2. The predicted octanol–water partition coefficient (Wildman–Crippen LogP) is 3.36. The van der Waals surface area contributed by atoms with Crippen molar-refractivity contribution >= 4 is 38.4 Å². The summed E-state index contributed by atoms with van der Waals surface area (Å²) in [6, 6.07) is 13.6. The SMILES string of the molecule is O=C(NCCBr)Nc1cccc2ccccc12. The van der Waals surface area contributed by atoms with Gasteiger partial charge in [0.1, 0.15) is 0 Å². The summed E-state index contributed by atoms with van der Waals surface area (Å²) in [4.78, 5) is 11.6. The molecule has 0 aliphatic rings. The number of alkyl halides is 1. The number of anilines is 1. The van der Waals surface area contributed by atoms with Crippen LogP contribution >= 0.6 is 15.9 Å². The van der Waals surface area contributed by atoms with Crippen LogP contribution in [0.1, 0.15) is 0 Å². The molecule has 2 amide bonds. The Bertz CT molecular complexity index is 522. The van der Waals surface area contributed by atoms with Gasteiger partial charge in [-0.15, -0.1) is 0 Å². The van der Waals surface area contributed by atoms with Gasteiger partial charge in [-0.25, -0.2) is 4.79 Å². The zero-order valence-electron chi connectivity index (χ0n) is 9.24. The maximum absolute atomic E-state index is 11.6. The molecule has 17 heavy (non-hydrogen) atoms. The Hall–Kier alpha value is -1.55. The van der Waals surface area contributed by atoms with Crippen LogP contribution in [0.25, 0.3) is 10.8 Å². The van der Waals surface area contributed by atoms with E-state index in [9.17, 15) is 4.79 Å². The minimum Gasteiger partial charge on any atom is -0.337 e. The van der Waals surface area contributed by atoms with Crippen LogP contribution in [0.15, 0.2) is 42.5 Å². The van der Waals surface area contributed by atoms with Gasteiger partial charge < -0.3 is 10.6 Å². The quantitative estimate of drug-likeness (QED) is 0.837. The molecule has 0 spiro atoms. The van der Waals surface area contributed by atoms with Gasteiger partial charge in [0.15, 0.2) is 0 Å². The van der Waals surface area contributed by atoms with Crippen LogP contribution in [0.3, 0.4) is 0 Å². The molecule has 0 radical (unpaired) electrons. The van der Waals surface area contributed by atoms with Crippen LogP contribution in [-0.4, -0.2) is 17.9 Å². The van der Waals surface area contributed by atoms with Crippen molar-refractivity contribution in [3.63, 3.8) is 0 Å². The Kier molecular flexibility index (Phi) is 3.98. The van der Waals surface area contributed by atoms with Crippen molar-refractivity contribution in [2.75, 3.05) is 17.2 Å². The van der Waals surface area contributed by atoms with E-state index in [4.69, 9.17) is 0 Å². The van der Waals surface area contributed by atoms with E-state index in [1.54, 1.807) is 0 Å². The first-order valence-corrected chi connectivity index (χ1v) is 6.52. The topological polar surface area (TPSA) is 41.1 Å². The summed E-state index contributed by atoms with van der Waals surface area (Å²) in [7, 11) is 0. The molecule has 0 heterocycles. The molecule has 88 valence electrons. The number of fused-ring (bicyclic) bond motifs is 1. The lowest BCUT2D eigenvalue weighted by atomic mass is 10.1. The standard InChI is InChI=1S/C13H13BrN2O/c14-8-9-15-13(17)16-12-7-3-5-10-4-1-2-6-11(10)12/h1-7H,8-9H2,(H2,15,16,17). The summed E-state index contributed by atoms with van der Waals surface area (Å²) in [5.74, 6) is 0. The largest absolute Gasteiger partial charge is 0.337 e. The molecule has 0 atom stereocenters. The second-order valence-corrected chi connectivity index (χ2v) is 4.39. The predicted molar refractivity (Wildman–Crippen MR) is 74.8 cm³/mol. The highest BCUT2D eigenvalue weighted by molar-refractivity contribution is 9.09. The molecule has 0 bridgehead atoms. The van der Waals surface area contributed by atoms with E-state index in [-0.39, 0.29) is 6.03 Å². The molecule has 0 aliphatic heterocycles. The van der Waals surface area contributed by atoms with Crippen molar-refractivity contribution in [2.45, 2.75) is 0 Å². The third kappa shape index (κ3) is 2.97. The van der Waals surface area contributed by atoms with E-state index in [0.717, 1.165) is 21.8 Å². The zero-order chi connectivity index (χ0) is 12.1. The molecule has 2 aromatic rings. The maximum atomic E-state index is 11.6. The van der Waals surface area contributed by atoms with Gasteiger partial charge in [-0.05, 0) is 11.5 Å². The van der Waals surface area contributed by atoms with Crippen molar-refractivity contribution in [3.8, 4) is 0 Å². The maximum Gasteiger partial charge on any atom is 0.319 e. The normalized spacial score (nSPS) is 10.2. The molecule has 2 aromatic carbocycles. The minimum absolute atomic E-state index is 0.180. The Balaban J connectivity index is 2.21. The van der Waals surface area contributed by atoms with Gasteiger partial charge in [0, 0.05) is 17.3 Å². The fraction of sp³-hybridized carbons (Fsp3) is 0.154. The van der Waals surface area contributed by atoms with Gasteiger partial charge in [-0.2, -0.15) is 0 Å². The Morgan fingerprint density at radius 2 is 1.88 bits per heavy atom. The zero-order valence-corrected chi connectivity index (χ0v) is 10.8. The molecule has 0 unspecified atom stereocenters. The van der Waals surface area contributed by atoms with Crippen LogP contribution in [0, 0.1) is 0 Å². The first-order valence-electron chi connectivity index (χ1n) is 5.40. The molecule has 4 heteroatoms. The smallest absolute Gasteiger partial charge is 0.319 e. The highest BCUT2D eigenvalue weighted by Gasteiger charge is 2.03. The second kappa shape index (κ2) is 5.68. The first-order chi connectivity index (χ1) is 8.31. The number of urea groups is 1. The number of benzene rings is 2. The number of amides is 2. The third-order valence-corrected chi connectivity index (χ3v) is 2.81. The van der Waals surface area contributed by atoms with E-state index < -0.39 is 0 Å². The van der Waals surface area contributed by atoms with Crippen LogP contribution in [0.5, 0.6) is 0 Å². The van der Waals surface area contributed by atoms with E-state index >= 15 is 0 Å². The molecule has 0 fully saturated rings. The number of halogens is 1. The Labute approximate surface area is 108 Å². The van der Waals surface area contributed by atoms with Crippen molar-refractivity contribution < 1.29 is 4.79 Å². The summed E-state index contributed by atoms with van der Waals surface area (Å²) >= 11 is 3.26. The molecular weight excluding hydrogens is 280 g/mol. The van der Waals surface area contributed by atoms with Crippen LogP contribution in [-0.2, 0) is 0 Å². The third-order valence-electron chi connectivity index (χ3n) is 2.42. The molecule has 0 saturated heterocycles. The number of hydrogen-bond acceptors (Lipinski definition) is 1. The molecule has 3 nitrogen and oxygen atoms in total. The fourth-order valence-electron chi connectivity index (χ4n) is 1.66. The lowest BCUT2D eigenvalue weighted by molar-refractivity contribution is 0.252. The number of carbonyl (C=O) groups excluding carboxylic acids is 1. The van der Waals surface area contributed by atoms with E-state index in [1.807, 2.05) is 42.5 Å². The molecule has 0 aliphatic carbocycles. The molecule has 2 rings (SSSR count). The highest BCUT2D eigenvalue weighted by Crippen LogP contribution is 2.22. The van der Waals surface area contributed by atoms with Crippen LogP contribution in [0.2, 0.25) is 0 Å². The van der Waals surface area contributed by atoms with E-state index in [0.29, 0.717) is 6.54 Å². The molecule has 2 N–H and O–H groups in total. The Morgan fingerprint density at radius 3 is 2.71 bits per heavy atom. The van der Waals surface area contributed by atoms with Gasteiger partial charge in [0.25, 0.3) is 0 Å². The minimum atomic E-state index is -0.180. The number of rotatable bonds is 3. The summed E-state index contributed by atoms with van der Waals surface area (Å²) < 4.78 is 0. The van der Waals surface area contributed by atoms with Crippen molar-refractivity contribution in [1.82, 2.24) is 5.32 Å². The average molecular weight is 293 g/mol. The second-order valence-electron chi connectivity index (χ2n) is 3.60. The molecule has 0 aromatic heterocycles. The average Bonchev–Trinajstić information content (AvgIpc) is 2.37.